The van der Waals surface area contributed by atoms with Gasteiger partial charge in [0, 0.05) is 23.4 Å². The number of carbonyl (C=O) groups is 1. The van der Waals surface area contributed by atoms with E-state index >= 15 is 0 Å². The lowest BCUT2D eigenvalue weighted by Crippen LogP contribution is -1.99. The largest absolute Gasteiger partial charge is 0.497 e. The van der Waals surface area contributed by atoms with Crippen LogP contribution in [0, 0.1) is 6.92 Å². The van der Waals surface area contributed by atoms with Crippen LogP contribution in [0.25, 0.3) is 11.1 Å². The van der Waals surface area contributed by atoms with Crippen LogP contribution in [0.2, 0.25) is 0 Å². The number of aryl methyl sites for hydroxylation is 1. The zero-order chi connectivity index (χ0) is 13.1. The van der Waals surface area contributed by atoms with E-state index in [1.807, 2.05) is 30.7 Å². The number of rotatable bonds is 4. The van der Waals surface area contributed by atoms with Crippen LogP contribution < -0.4 is 4.74 Å². The average molecular weight is 244 g/mol. The Morgan fingerprint density at radius 1 is 1.39 bits per heavy atom. The Kier molecular flexibility index (Phi) is 3.46. The predicted molar refractivity (Wildman–Crippen MR) is 70.0 cm³/mol. The molecule has 0 radical (unpaired) electrons. The lowest BCUT2D eigenvalue weighted by atomic mass is 10.0. The highest BCUT2D eigenvalue weighted by atomic mass is 16.5. The van der Waals surface area contributed by atoms with E-state index in [1.54, 1.807) is 19.4 Å². The zero-order valence-corrected chi connectivity index (χ0v) is 10.8. The Morgan fingerprint density at radius 2 is 2.17 bits per heavy atom. The molecule has 0 bridgehead atoms. The molecule has 0 saturated carbocycles. The lowest BCUT2D eigenvalue weighted by Gasteiger charge is -2.07. The molecule has 0 aliphatic heterocycles. The molecule has 4 nitrogen and oxygen atoms in total. The summed E-state index contributed by atoms with van der Waals surface area (Å²) < 4.78 is 7.04. The van der Waals surface area contributed by atoms with Gasteiger partial charge >= 0.3 is 0 Å². The molecule has 0 aliphatic carbocycles. The summed E-state index contributed by atoms with van der Waals surface area (Å²) in [4.78, 5) is 11.2. The molecule has 0 saturated heterocycles. The fourth-order valence-electron chi connectivity index (χ4n) is 2.04. The summed E-state index contributed by atoms with van der Waals surface area (Å²) in [5.74, 6) is 0.682. The lowest BCUT2D eigenvalue weighted by molar-refractivity contribution is 0.112. The highest BCUT2D eigenvalue weighted by Gasteiger charge is 2.12. The van der Waals surface area contributed by atoms with E-state index in [0.29, 0.717) is 11.3 Å². The van der Waals surface area contributed by atoms with E-state index in [9.17, 15) is 4.79 Å². The highest BCUT2D eigenvalue weighted by molar-refractivity contribution is 5.88. The summed E-state index contributed by atoms with van der Waals surface area (Å²) in [5.41, 5.74) is 3.56. The molecule has 0 atom stereocenters. The van der Waals surface area contributed by atoms with Crippen molar-refractivity contribution < 1.29 is 9.53 Å². The van der Waals surface area contributed by atoms with Crippen molar-refractivity contribution >= 4 is 6.29 Å². The Bertz CT molecular complexity index is 573. The number of benzene rings is 1. The van der Waals surface area contributed by atoms with Gasteiger partial charge in [0.25, 0.3) is 0 Å². The first kappa shape index (κ1) is 12.4. The third-order valence-electron chi connectivity index (χ3n) is 3.08. The number of aromatic nitrogens is 2. The zero-order valence-electron chi connectivity index (χ0n) is 10.8. The average Bonchev–Trinajstić information content (AvgIpc) is 2.78. The molecule has 0 aliphatic rings. The van der Waals surface area contributed by atoms with E-state index in [-0.39, 0.29) is 0 Å². The molecule has 1 aromatic heterocycles. The molecule has 0 N–H and O–H groups in total. The van der Waals surface area contributed by atoms with Crippen LogP contribution in [-0.2, 0) is 6.54 Å². The van der Waals surface area contributed by atoms with Gasteiger partial charge in [-0.3, -0.25) is 9.48 Å². The summed E-state index contributed by atoms with van der Waals surface area (Å²) in [6.07, 6.45) is 2.65. The van der Waals surface area contributed by atoms with Gasteiger partial charge in [-0.2, -0.15) is 5.10 Å². The molecule has 0 fully saturated rings. The number of aldehydes is 1. The number of methoxy groups -OCH3 is 1. The van der Waals surface area contributed by atoms with Gasteiger partial charge in [0.05, 0.1) is 13.3 Å². The molecule has 2 rings (SSSR count). The molecular formula is C14H16N2O2. The summed E-state index contributed by atoms with van der Waals surface area (Å²) in [5, 5.41) is 4.30. The van der Waals surface area contributed by atoms with Crippen molar-refractivity contribution in [2.75, 3.05) is 7.11 Å². The Hall–Kier alpha value is -2.10. The van der Waals surface area contributed by atoms with Crippen LogP contribution in [0.1, 0.15) is 23.0 Å². The van der Waals surface area contributed by atoms with Crippen molar-refractivity contribution in [1.29, 1.82) is 0 Å². The fraction of sp³-hybridized carbons (Fsp3) is 0.286. The molecule has 4 heteroatoms. The second kappa shape index (κ2) is 5.04. The molecule has 1 heterocycles. The second-order valence-corrected chi connectivity index (χ2v) is 4.03. The third-order valence-corrected chi connectivity index (χ3v) is 3.08. The number of nitrogens with zero attached hydrogens (tertiary/aromatic N) is 2. The topological polar surface area (TPSA) is 44.1 Å². The molecule has 1 aromatic carbocycles. The maximum atomic E-state index is 11.2. The van der Waals surface area contributed by atoms with Crippen LogP contribution >= 0.6 is 0 Å². The minimum absolute atomic E-state index is 0.619. The summed E-state index contributed by atoms with van der Waals surface area (Å²) >= 11 is 0. The smallest absolute Gasteiger partial charge is 0.150 e. The molecule has 2 aromatic rings. The standard InChI is InChI=1S/C14H16N2O2/c1-4-16-10(2)14(8-15-16)13-6-5-12(18-3)7-11(13)9-17/h5-9H,4H2,1-3H3. The van der Waals surface area contributed by atoms with Gasteiger partial charge in [-0.15, -0.1) is 0 Å². The molecule has 0 spiro atoms. The van der Waals surface area contributed by atoms with Crippen molar-refractivity contribution in [1.82, 2.24) is 9.78 Å². The fourth-order valence-corrected chi connectivity index (χ4v) is 2.04. The number of ether oxygens (including phenoxy) is 1. The van der Waals surface area contributed by atoms with E-state index in [1.165, 1.54) is 0 Å². The van der Waals surface area contributed by atoms with Crippen molar-refractivity contribution in [2.24, 2.45) is 0 Å². The normalized spacial score (nSPS) is 10.4. The summed E-state index contributed by atoms with van der Waals surface area (Å²) in [6, 6.07) is 5.49. The highest BCUT2D eigenvalue weighted by Crippen LogP contribution is 2.28. The molecule has 0 unspecified atom stereocenters. The van der Waals surface area contributed by atoms with Crippen LogP contribution in [0.4, 0.5) is 0 Å². The first-order valence-corrected chi connectivity index (χ1v) is 5.87. The SMILES string of the molecule is CCn1ncc(-c2ccc(OC)cc2C=O)c1C. The van der Waals surface area contributed by atoms with Gasteiger partial charge in [-0.1, -0.05) is 0 Å². The minimum Gasteiger partial charge on any atom is -0.497 e. The van der Waals surface area contributed by atoms with Crippen molar-refractivity contribution in [3.05, 3.63) is 35.7 Å². The number of carbonyl (C=O) groups excluding carboxylic acids is 1. The predicted octanol–water partition coefficient (Wildman–Crippen LogP) is 2.70. The monoisotopic (exact) mass is 244 g/mol. The minimum atomic E-state index is 0.619. The first-order chi connectivity index (χ1) is 8.71. The molecule has 18 heavy (non-hydrogen) atoms. The van der Waals surface area contributed by atoms with Gasteiger partial charge in [0.15, 0.2) is 6.29 Å². The van der Waals surface area contributed by atoms with E-state index < -0.39 is 0 Å². The summed E-state index contributed by atoms with van der Waals surface area (Å²) in [7, 11) is 1.59. The Balaban J connectivity index is 2.56. The van der Waals surface area contributed by atoms with E-state index in [4.69, 9.17) is 4.74 Å². The van der Waals surface area contributed by atoms with Crippen LogP contribution in [0.5, 0.6) is 5.75 Å². The van der Waals surface area contributed by atoms with Crippen molar-refractivity contribution in [2.45, 2.75) is 20.4 Å². The quantitative estimate of drug-likeness (QED) is 0.777. The Morgan fingerprint density at radius 3 is 2.72 bits per heavy atom. The van der Waals surface area contributed by atoms with Crippen LogP contribution in [0.3, 0.4) is 0 Å². The molecule has 94 valence electrons. The van der Waals surface area contributed by atoms with E-state index in [2.05, 4.69) is 5.10 Å². The van der Waals surface area contributed by atoms with Gasteiger partial charge in [-0.25, -0.2) is 0 Å². The second-order valence-electron chi connectivity index (χ2n) is 4.03. The number of hydrogen-bond donors (Lipinski definition) is 0. The van der Waals surface area contributed by atoms with E-state index in [0.717, 1.165) is 29.7 Å². The maximum Gasteiger partial charge on any atom is 0.150 e. The molecular weight excluding hydrogens is 228 g/mol. The van der Waals surface area contributed by atoms with Crippen LogP contribution in [-0.4, -0.2) is 23.2 Å². The van der Waals surface area contributed by atoms with Gasteiger partial charge in [0.1, 0.15) is 5.75 Å². The van der Waals surface area contributed by atoms with Crippen molar-refractivity contribution in [3.63, 3.8) is 0 Å². The van der Waals surface area contributed by atoms with Gasteiger partial charge in [0.2, 0.25) is 0 Å². The van der Waals surface area contributed by atoms with Gasteiger partial charge < -0.3 is 4.74 Å². The van der Waals surface area contributed by atoms with Crippen LogP contribution in [0.15, 0.2) is 24.4 Å². The Labute approximate surface area is 106 Å². The summed E-state index contributed by atoms with van der Waals surface area (Å²) in [6.45, 7) is 4.86. The maximum absolute atomic E-state index is 11.2. The van der Waals surface area contributed by atoms with Gasteiger partial charge in [-0.05, 0) is 37.6 Å². The number of hydrogen-bond acceptors (Lipinski definition) is 3. The molecule has 0 amide bonds. The third kappa shape index (κ3) is 2.01. The first-order valence-electron chi connectivity index (χ1n) is 5.87. The van der Waals surface area contributed by atoms with Crippen molar-refractivity contribution in [3.8, 4) is 16.9 Å².